The smallest absolute Gasteiger partial charge is 0.328 e. The molecule has 104 valence electrons. The average molecular weight is 276 g/mol. The lowest BCUT2D eigenvalue weighted by atomic mass is 10.1. The number of ether oxygens (including phenoxy) is 2. The van der Waals surface area contributed by atoms with Crippen molar-refractivity contribution in [1.82, 2.24) is 0 Å². The molecule has 0 aliphatic carbocycles. The molecule has 0 bridgehead atoms. The topological polar surface area (TPSA) is 93.1 Å². The maximum Gasteiger partial charge on any atom is 0.328 e. The van der Waals surface area contributed by atoms with E-state index in [1.165, 1.54) is 12.2 Å². The zero-order valence-corrected chi connectivity index (χ0v) is 10.4. The van der Waals surface area contributed by atoms with Crippen molar-refractivity contribution < 1.29 is 29.3 Å². The van der Waals surface area contributed by atoms with Gasteiger partial charge in [-0.15, -0.1) is 0 Å². The lowest BCUT2D eigenvalue weighted by Crippen LogP contribution is -2.17. The van der Waals surface area contributed by atoms with Gasteiger partial charge in [-0.1, -0.05) is 12.1 Å². The fourth-order valence-corrected chi connectivity index (χ4v) is 1.76. The maximum absolute atomic E-state index is 10.5. The quantitative estimate of drug-likeness (QED) is 0.812. The lowest BCUT2D eigenvalue weighted by Gasteiger charge is -2.21. The minimum absolute atomic E-state index is 0.354. The van der Waals surface area contributed by atoms with Crippen LogP contribution in [-0.2, 0) is 9.59 Å². The van der Waals surface area contributed by atoms with E-state index in [0.29, 0.717) is 35.8 Å². The molecular formula is C14H12O6. The summed E-state index contributed by atoms with van der Waals surface area (Å²) in [6.07, 6.45) is 4.81. The first-order valence-electron chi connectivity index (χ1n) is 5.82. The molecule has 2 N–H and O–H groups in total. The Labute approximate surface area is 114 Å². The number of carboxylic acids is 2. The number of carbonyl (C=O) groups is 2. The second kappa shape index (κ2) is 5.92. The van der Waals surface area contributed by atoms with E-state index in [1.807, 2.05) is 0 Å². The van der Waals surface area contributed by atoms with Gasteiger partial charge in [-0.3, -0.25) is 0 Å². The molecule has 0 unspecified atom stereocenters. The summed E-state index contributed by atoms with van der Waals surface area (Å²) in [6.45, 7) is 0.708. The van der Waals surface area contributed by atoms with Crippen molar-refractivity contribution in [2.75, 3.05) is 13.2 Å². The van der Waals surface area contributed by atoms with Crippen LogP contribution < -0.4 is 9.47 Å². The van der Waals surface area contributed by atoms with Gasteiger partial charge in [0.05, 0.1) is 0 Å². The van der Waals surface area contributed by atoms with Crippen LogP contribution in [0.4, 0.5) is 0 Å². The molecule has 1 aliphatic heterocycles. The van der Waals surface area contributed by atoms with Crippen molar-refractivity contribution in [1.29, 1.82) is 0 Å². The van der Waals surface area contributed by atoms with Crippen molar-refractivity contribution in [3.63, 3.8) is 0 Å². The first-order chi connectivity index (χ1) is 9.58. The van der Waals surface area contributed by atoms with Crippen LogP contribution in [0, 0.1) is 0 Å². The molecule has 1 heterocycles. The van der Waals surface area contributed by atoms with E-state index in [1.54, 1.807) is 12.1 Å². The largest absolute Gasteiger partial charge is 0.485 e. The van der Waals surface area contributed by atoms with Gasteiger partial charge >= 0.3 is 11.9 Å². The molecule has 1 aromatic rings. The molecule has 0 radical (unpaired) electrons. The van der Waals surface area contributed by atoms with Gasteiger partial charge in [-0.25, -0.2) is 9.59 Å². The van der Waals surface area contributed by atoms with Crippen molar-refractivity contribution in [2.24, 2.45) is 0 Å². The van der Waals surface area contributed by atoms with E-state index in [-0.39, 0.29) is 0 Å². The summed E-state index contributed by atoms with van der Waals surface area (Å²) in [7, 11) is 0. The summed E-state index contributed by atoms with van der Waals surface area (Å²) >= 11 is 0. The predicted octanol–water partition coefficient (Wildman–Crippen LogP) is 1.65. The minimum Gasteiger partial charge on any atom is -0.485 e. The van der Waals surface area contributed by atoms with Gasteiger partial charge in [-0.05, 0) is 12.2 Å². The third kappa shape index (κ3) is 3.17. The van der Waals surface area contributed by atoms with E-state index in [0.717, 1.165) is 12.2 Å². The Morgan fingerprint density at radius 2 is 1.30 bits per heavy atom. The summed E-state index contributed by atoms with van der Waals surface area (Å²) in [4.78, 5) is 21.1. The normalized spacial score (nSPS) is 13.8. The Morgan fingerprint density at radius 1 is 0.900 bits per heavy atom. The SMILES string of the molecule is O=C(O)C=Cc1ccc(C=CC(=O)O)c2c1OCCO2. The highest BCUT2D eigenvalue weighted by Gasteiger charge is 2.18. The van der Waals surface area contributed by atoms with Crippen LogP contribution in [0.15, 0.2) is 24.3 Å². The van der Waals surface area contributed by atoms with E-state index in [9.17, 15) is 9.59 Å². The van der Waals surface area contributed by atoms with Gasteiger partial charge in [0, 0.05) is 23.3 Å². The summed E-state index contributed by atoms with van der Waals surface area (Å²) in [6, 6.07) is 3.29. The minimum atomic E-state index is -1.06. The zero-order valence-electron chi connectivity index (χ0n) is 10.4. The number of hydrogen-bond donors (Lipinski definition) is 2. The van der Waals surface area contributed by atoms with Gasteiger partial charge in [0.1, 0.15) is 13.2 Å². The Kier molecular flexibility index (Phi) is 4.05. The number of benzene rings is 1. The molecule has 6 nitrogen and oxygen atoms in total. The number of aliphatic carboxylic acids is 2. The van der Waals surface area contributed by atoms with Gasteiger partial charge in [0.25, 0.3) is 0 Å². The van der Waals surface area contributed by atoms with E-state index < -0.39 is 11.9 Å². The molecule has 20 heavy (non-hydrogen) atoms. The Balaban J connectivity index is 2.43. The van der Waals surface area contributed by atoms with Crippen LogP contribution >= 0.6 is 0 Å². The standard InChI is InChI=1S/C14H12O6/c15-11(16)5-3-9-1-2-10(4-6-12(17)18)14-13(9)19-7-8-20-14/h1-6H,7-8H2,(H,15,16)(H,17,18). The molecule has 0 amide bonds. The van der Waals surface area contributed by atoms with Gasteiger partial charge in [0.2, 0.25) is 0 Å². The van der Waals surface area contributed by atoms with Crippen LogP contribution in [0.2, 0.25) is 0 Å². The van der Waals surface area contributed by atoms with E-state index in [2.05, 4.69) is 0 Å². The lowest BCUT2D eigenvalue weighted by molar-refractivity contribution is -0.132. The molecule has 1 aromatic carbocycles. The van der Waals surface area contributed by atoms with Crippen molar-refractivity contribution >= 4 is 24.1 Å². The third-order valence-electron chi connectivity index (χ3n) is 2.56. The summed E-state index contributed by atoms with van der Waals surface area (Å²) < 4.78 is 11.0. The first kappa shape index (κ1) is 13.7. The maximum atomic E-state index is 10.5. The molecule has 2 rings (SSSR count). The second-order valence-corrected chi connectivity index (χ2v) is 3.94. The Hall–Kier alpha value is -2.76. The molecule has 0 fully saturated rings. The van der Waals surface area contributed by atoms with Gasteiger partial charge < -0.3 is 19.7 Å². The molecule has 0 saturated heterocycles. The van der Waals surface area contributed by atoms with Crippen LogP contribution in [0.3, 0.4) is 0 Å². The predicted molar refractivity (Wildman–Crippen MR) is 70.8 cm³/mol. The summed E-state index contributed by atoms with van der Waals surface area (Å²) in [5.41, 5.74) is 1.13. The number of rotatable bonds is 4. The van der Waals surface area contributed by atoms with Crippen LogP contribution in [0.1, 0.15) is 11.1 Å². The van der Waals surface area contributed by atoms with E-state index in [4.69, 9.17) is 19.7 Å². The summed E-state index contributed by atoms with van der Waals surface area (Å²) in [5, 5.41) is 17.3. The Bertz CT molecular complexity index is 547. The molecule has 6 heteroatoms. The number of hydrogen-bond acceptors (Lipinski definition) is 4. The molecule has 1 aliphatic rings. The highest BCUT2D eigenvalue weighted by molar-refractivity contribution is 5.88. The number of fused-ring (bicyclic) bond motifs is 1. The molecule has 0 saturated carbocycles. The molecule has 0 aromatic heterocycles. The average Bonchev–Trinajstić information content (AvgIpc) is 2.43. The fourth-order valence-electron chi connectivity index (χ4n) is 1.76. The third-order valence-corrected chi connectivity index (χ3v) is 2.56. The van der Waals surface area contributed by atoms with Crippen LogP contribution in [0.5, 0.6) is 11.5 Å². The van der Waals surface area contributed by atoms with Crippen molar-refractivity contribution in [3.05, 3.63) is 35.4 Å². The van der Waals surface area contributed by atoms with Crippen LogP contribution in [0.25, 0.3) is 12.2 Å². The second-order valence-electron chi connectivity index (χ2n) is 3.94. The molecule has 0 spiro atoms. The van der Waals surface area contributed by atoms with E-state index >= 15 is 0 Å². The van der Waals surface area contributed by atoms with Gasteiger partial charge in [0.15, 0.2) is 11.5 Å². The molecular weight excluding hydrogens is 264 g/mol. The monoisotopic (exact) mass is 276 g/mol. The molecule has 0 atom stereocenters. The Morgan fingerprint density at radius 3 is 1.65 bits per heavy atom. The fraction of sp³-hybridized carbons (Fsp3) is 0.143. The van der Waals surface area contributed by atoms with Crippen molar-refractivity contribution in [3.8, 4) is 11.5 Å². The number of carboxylic acid groups (broad SMARTS) is 2. The highest BCUT2D eigenvalue weighted by atomic mass is 16.6. The van der Waals surface area contributed by atoms with Crippen LogP contribution in [-0.4, -0.2) is 35.4 Å². The highest BCUT2D eigenvalue weighted by Crippen LogP contribution is 2.38. The zero-order chi connectivity index (χ0) is 14.5. The summed E-state index contributed by atoms with van der Waals surface area (Å²) in [5.74, 6) is -1.29. The first-order valence-corrected chi connectivity index (χ1v) is 5.82. The van der Waals surface area contributed by atoms with Crippen molar-refractivity contribution in [2.45, 2.75) is 0 Å². The van der Waals surface area contributed by atoms with Gasteiger partial charge in [-0.2, -0.15) is 0 Å².